The highest BCUT2D eigenvalue weighted by Crippen LogP contribution is 2.41. The van der Waals surface area contributed by atoms with Gasteiger partial charge in [-0.15, -0.1) is 11.3 Å². The number of hydrogen-bond donors (Lipinski definition) is 1. The second-order valence-corrected chi connectivity index (χ2v) is 11.6. The number of nitrogens with one attached hydrogen (secondary N) is 1. The summed E-state index contributed by atoms with van der Waals surface area (Å²) in [6, 6.07) is -0.184. The Morgan fingerprint density at radius 1 is 1.21 bits per heavy atom. The first kappa shape index (κ1) is 24.2. The second kappa shape index (κ2) is 9.04. The summed E-state index contributed by atoms with van der Waals surface area (Å²) in [5, 5.41) is 3.30. The van der Waals surface area contributed by atoms with Crippen LogP contribution in [0.1, 0.15) is 23.5 Å². The van der Waals surface area contributed by atoms with Crippen LogP contribution in [-0.4, -0.2) is 78.1 Å². The van der Waals surface area contributed by atoms with E-state index < -0.39 is 33.4 Å². The number of alkyl halides is 3. The lowest BCUT2D eigenvalue weighted by Gasteiger charge is -2.35. The average molecular weight is 509 g/mol. The Hall–Kier alpha value is -1.90. The van der Waals surface area contributed by atoms with Crippen LogP contribution >= 0.6 is 11.3 Å². The van der Waals surface area contributed by atoms with Crippen LogP contribution in [0.15, 0.2) is 6.20 Å². The predicted molar refractivity (Wildman–Crippen MR) is 116 cm³/mol. The van der Waals surface area contributed by atoms with Gasteiger partial charge in [0.1, 0.15) is 5.69 Å². The fraction of sp³-hybridized carbons (Fsp3) is 0.632. The van der Waals surface area contributed by atoms with E-state index in [0.717, 1.165) is 36.9 Å². The van der Waals surface area contributed by atoms with E-state index in [1.54, 1.807) is 0 Å². The molecular formula is C19H24F4N6O2S2. The Labute approximate surface area is 193 Å². The lowest BCUT2D eigenvalue weighted by molar-refractivity contribution is -0.140. The molecule has 33 heavy (non-hydrogen) atoms. The highest BCUT2D eigenvalue weighted by Gasteiger charge is 2.40. The monoisotopic (exact) mass is 508 g/mol. The minimum Gasteiger partial charge on any atom is -0.351 e. The van der Waals surface area contributed by atoms with E-state index in [9.17, 15) is 26.0 Å². The summed E-state index contributed by atoms with van der Waals surface area (Å²) in [5.41, 5.74) is -1.58. The van der Waals surface area contributed by atoms with Crippen molar-refractivity contribution in [2.24, 2.45) is 5.92 Å². The van der Waals surface area contributed by atoms with Gasteiger partial charge < -0.3 is 10.2 Å². The van der Waals surface area contributed by atoms with Gasteiger partial charge in [-0.2, -0.15) is 13.2 Å². The molecule has 2 saturated heterocycles. The van der Waals surface area contributed by atoms with Crippen molar-refractivity contribution in [3.8, 4) is 10.6 Å². The van der Waals surface area contributed by atoms with E-state index in [2.05, 4.69) is 25.2 Å². The van der Waals surface area contributed by atoms with Crippen molar-refractivity contribution in [3.05, 3.63) is 22.7 Å². The van der Waals surface area contributed by atoms with Crippen LogP contribution in [0.3, 0.4) is 0 Å². The standard InChI is InChI=1S/C19H24F4N6O2S2/c1-28-9-11(10-28)7-14-26-17(19(21,22)23)16(32-14)15-13(20)8-24-18(27-15)25-12-3-5-29(6-4-12)33(2,30)31/h8,11-12H,3-7,9-10H2,1-2H3,(H,24,25,27). The summed E-state index contributed by atoms with van der Waals surface area (Å²) in [6.45, 7) is 2.17. The Morgan fingerprint density at radius 3 is 2.45 bits per heavy atom. The van der Waals surface area contributed by atoms with Crippen molar-refractivity contribution < 1.29 is 26.0 Å². The van der Waals surface area contributed by atoms with Gasteiger partial charge in [0.05, 0.1) is 22.3 Å². The van der Waals surface area contributed by atoms with Crippen molar-refractivity contribution in [1.29, 1.82) is 0 Å². The van der Waals surface area contributed by atoms with Crippen molar-refractivity contribution in [1.82, 2.24) is 24.2 Å². The summed E-state index contributed by atoms with van der Waals surface area (Å²) in [4.78, 5) is 13.4. The second-order valence-electron chi connectivity index (χ2n) is 8.55. The first-order valence-corrected chi connectivity index (χ1v) is 13.1. The van der Waals surface area contributed by atoms with Crippen LogP contribution in [0.5, 0.6) is 0 Å². The molecular weight excluding hydrogens is 484 g/mol. The zero-order chi connectivity index (χ0) is 24.0. The van der Waals surface area contributed by atoms with Gasteiger partial charge in [0, 0.05) is 38.6 Å². The number of sulfonamides is 1. The van der Waals surface area contributed by atoms with Gasteiger partial charge in [0.2, 0.25) is 16.0 Å². The summed E-state index contributed by atoms with van der Waals surface area (Å²) < 4.78 is 80.3. The van der Waals surface area contributed by atoms with Crippen LogP contribution in [-0.2, 0) is 22.6 Å². The number of halogens is 4. The molecule has 1 N–H and O–H groups in total. The van der Waals surface area contributed by atoms with Crippen molar-refractivity contribution >= 4 is 27.3 Å². The minimum absolute atomic E-state index is 0.00658. The highest BCUT2D eigenvalue weighted by atomic mass is 32.2. The molecule has 0 atom stereocenters. The zero-order valence-corrected chi connectivity index (χ0v) is 19.7. The number of likely N-dealkylation sites (tertiary alicyclic amines) is 1. The number of hydrogen-bond acceptors (Lipinski definition) is 8. The third-order valence-electron chi connectivity index (χ3n) is 5.76. The Balaban J connectivity index is 1.55. The molecule has 0 aromatic carbocycles. The van der Waals surface area contributed by atoms with Gasteiger partial charge in [0.15, 0.2) is 11.5 Å². The SMILES string of the molecule is CN1CC(Cc2nc(C(F)(F)F)c(-c3nc(NC4CCN(S(C)(=O)=O)CC4)ncc3F)s2)C1. The summed E-state index contributed by atoms with van der Waals surface area (Å²) in [5.74, 6) is -0.746. The van der Waals surface area contributed by atoms with Crippen LogP contribution in [0.25, 0.3) is 10.6 Å². The quantitative estimate of drug-likeness (QED) is 0.600. The lowest BCUT2D eigenvalue weighted by Crippen LogP contribution is -2.44. The average Bonchev–Trinajstić information content (AvgIpc) is 3.12. The lowest BCUT2D eigenvalue weighted by atomic mass is 9.98. The number of thiazole rings is 1. The molecule has 14 heteroatoms. The Morgan fingerprint density at radius 2 is 1.88 bits per heavy atom. The third kappa shape index (κ3) is 5.61. The van der Waals surface area contributed by atoms with E-state index in [0.29, 0.717) is 37.4 Å². The van der Waals surface area contributed by atoms with Crippen molar-refractivity contribution in [2.75, 3.05) is 44.8 Å². The molecule has 2 fully saturated rings. The number of aromatic nitrogens is 3. The van der Waals surface area contributed by atoms with Gasteiger partial charge in [-0.1, -0.05) is 0 Å². The van der Waals surface area contributed by atoms with Crippen LogP contribution in [0.2, 0.25) is 0 Å². The molecule has 8 nitrogen and oxygen atoms in total. The highest BCUT2D eigenvalue weighted by molar-refractivity contribution is 7.88. The van der Waals surface area contributed by atoms with Crippen LogP contribution in [0.4, 0.5) is 23.5 Å². The van der Waals surface area contributed by atoms with Crippen LogP contribution < -0.4 is 5.32 Å². The van der Waals surface area contributed by atoms with Gasteiger partial charge in [-0.3, -0.25) is 0 Å². The first-order chi connectivity index (χ1) is 15.4. The predicted octanol–water partition coefficient (Wildman–Crippen LogP) is 2.70. The minimum atomic E-state index is -4.75. The molecule has 0 amide bonds. The zero-order valence-electron chi connectivity index (χ0n) is 18.1. The number of piperidine rings is 1. The van der Waals surface area contributed by atoms with Gasteiger partial charge in [-0.05, 0) is 25.8 Å². The molecule has 2 aliphatic rings. The van der Waals surface area contributed by atoms with E-state index in [4.69, 9.17) is 0 Å². The number of nitrogens with zero attached hydrogens (tertiary/aromatic N) is 5. The molecule has 0 spiro atoms. The van der Waals surface area contributed by atoms with E-state index in [-0.39, 0.29) is 22.8 Å². The topological polar surface area (TPSA) is 91.3 Å². The molecule has 182 valence electrons. The van der Waals surface area contributed by atoms with E-state index >= 15 is 0 Å². The van der Waals surface area contributed by atoms with Crippen molar-refractivity contribution in [3.63, 3.8) is 0 Å². The summed E-state index contributed by atoms with van der Waals surface area (Å²) in [6.07, 6.45) is -1.43. The molecule has 4 heterocycles. The van der Waals surface area contributed by atoms with E-state index in [1.165, 1.54) is 4.31 Å². The molecule has 0 aliphatic carbocycles. The number of anilines is 1. The fourth-order valence-electron chi connectivity index (χ4n) is 4.12. The first-order valence-electron chi connectivity index (χ1n) is 10.4. The van der Waals surface area contributed by atoms with Gasteiger partial charge in [-0.25, -0.2) is 32.1 Å². The summed E-state index contributed by atoms with van der Waals surface area (Å²) in [7, 11) is -1.36. The molecule has 2 aromatic heterocycles. The number of rotatable bonds is 6. The van der Waals surface area contributed by atoms with E-state index in [1.807, 2.05) is 7.05 Å². The maximum atomic E-state index is 14.6. The van der Waals surface area contributed by atoms with Gasteiger partial charge in [0.25, 0.3) is 0 Å². The molecule has 2 aromatic rings. The fourth-order valence-corrected chi connectivity index (χ4v) is 6.18. The summed E-state index contributed by atoms with van der Waals surface area (Å²) >= 11 is 0.809. The molecule has 2 aliphatic heterocycles. The molecule has 4 rings (SSSR count). The smallest absolute Gasteiger partial charge is 0.351 e. The largest absolute Gasteiger partial charge is 0.434 e. The maximum Gasteiger partial charge on any atom is 0.434 e. The van der Waals surface area contributed by atoms with Crippen LogP contribution in [0, 0.1) is 11.7 Å². The molecule has 0 bridgehead atoms. The Bertz CT molecular complexity index is 1110. The Kier molecular flexibility index (Phi) is 6.64. The third-order valence-corrected chi connectivity index (χ3v) is 8.15. The molecule has 0 saturated carbocycles. The van der Waals surface area contributed by atoms with Gasteiger partial charge >= 0.3 is 6.18 Å². The normalized spacial score (nSPS) is 19.6. The van der Waals surface area contributed by atoms with Crippen molar-refractivity contribution in [2.45, 2.75) is 31.5 Å². The maximum absolute atomic E-state index is 14.6. The molecule has 0 radical (unpaired) electrons. The molecule has 0 unspecified atom stereocenters.